The fourth-order valence-corrected chi connectivity index (χ4v) is 12.7. The molecule has 0 saturated carbocycles. The van der Waals surface area contributed by atoms with Crippen molar-refractivity contribution in [2.24, 2.45) is 11.8 Å². The summed E-state index contributed by atoms with van der Waals surface area (Å²) in [5, 5.41) is 10.6. The van der Waals surface area contributed by atoms with Gasteiger partial charge >= 0.3 is 39.5 Å². The van der Waals surface area contributed by atoms with Crippen molar-refractivity contribution in [3.8, 4) is 0 Å². The van der Waals surface area contributed by atoms with Gasteiger partial charge in [0, 0.05) is 25.7 Å². The molecular weight excluding hydrogens is 1210 g/mol. The Morgan fingerprint density at radius 3 is 0.826 bits per heavy atom. The monoisotopic (exact) mass is 1350 g/mol. The van der Waals surface area contributed by atoms with E-state index in [4.69, 9.17) is 37.0 Å². The van der Waals surface area contributed by atoms with E-state index in [0.29, 0.717) is 31.6 Å². The van der Waals surface area contributed by atoms with Crippen LogP contribution in [0, 0.1) is 11.8 Å². The maximum Gasteiger partial charge on any atom is 0.472 e. The van der Waals surface area contributed by atoms with Gasteiger partial charge in [0.25, 0.3) is 0 Å². The van der Waals surface area contributed by atoms with E-state index in [9.17, 15) is 43.2 Å². The number of unbranched alkanes of at least 4 members (excludes halogenated alkanes) is 41. The average molecular weight is 1350 g/mol. The Labute approximate surface area is 562 Å². The zero-order valence-corrected chi connectivity index (χ0v) is 61.6. The fourth-order valence-electron chi connectivity index (χ4n) is 11.1. The Bertz CT molecular complexity index is 1790. The van der Waals surface area contributed by atoms with Crippen LogP contribution in [0.5, 0.6) is 0 Å². The number of hydrogen-bond acceptors (Lipinski definition) is 15. The molecule has 0 amide bonds. The summed E-state index contributed by atoms with van der Waals surface area (Å²) in [4.78, 5) is 72.6. The largest absolute Gasteiger partial charge is 0.472 e. The minimum atomic E-state index is -4.95. The van der Waals surface area contributed by atoms with E-state index >= 15 is 0 Å². The first-order valence-electron chi connectivity index (χ1n) is 38.0. The van der Waals surface area contributed by atoms with Gasteiger partial charge in [-0.05, 0) is 37.5 Å². The summed E-state index contributed by atoms with van der Waals surface area (Å²) in [5.41, 5.74) is 0. The number of hydrogen-bond donors (Lipinski definition) is 3. The van der Waals surface area contributed by atoms with E-state index in [0.717, 1.165) is 102 Å². The van der Waals surface area contributed by atoms with E-state index in [1.807, 2.05) is 0 Å². The Balaban J connectivity index is 5.20. The first-order valence-corrected chi connectivity index (χ1v) is 41.0. The van der Waals surface area contributed by atoms with Gasteiger partial charge in [0.2, 0.25) is 0 Å². The standard InChI is InChI=1S/C73H142O17P2/c1-7-10-12-14-16-18-19-20-21-22-26-29-32-38-44-50-56-71(76)84-62-68(89-72(77)57-51-45-39-33-30-27-24-23-25-28-31-36-42-48-54-66(6)9-3)63-87-91(79,80)85-59-67(74)60-86-92(81,82)88-64-69(61-83-70(75)55-49-43-37-17-15-13-11-8-2)90-73(78)58-52-46-40-34-35-41-47-53-65(4)5/h65-69,74H,7-64H2,1-6H3,(H,79,80)(H,81,82)/t66?,67-,68-,69-/m1/s1. The Kier molecular flexibility index (Phi) is 63.7. The third-order valence-corrected chi connectivity index (χ3v) is 19.2. The molecule has 0 aromatic rings. The van der Waals surface area contributed by atoms with Gasteiger partial charge in [-0.3, -0.25) is 37.3 Å². The summed E-state index contributed by atoms with van der Waals surface area (Å²) in [6, 6.07) is 0. The molecule has 17 nitrogen and oxygen atoms in total. The smallest absolute Gasteiger partial charge is 0.462 e. The number of phosphoric ester groups is 2. The number of rotatable bonds is 72. The number of phosphoric acid groups is 2. The molecule has 0 aliphatic rings. The van der Waals surface area contributed by atoms with E-state index in [1.54, 1.807) is 0 Å². The molecule has 0 radical (unpaired) electrons. The van der Waals surface area contributed by atoms with Crippen LogP contribution in [0.4, 0.5) is 0 Å². The Morgan fingerprint density at radius 1 is 0.315 bits per heavy atom. The normalized spacial score (nSPS) is 14.4. The minimum Gasteiger partial charge on any atom is -0.462 e. The highest BCUT2D eigenvalue weighted by Crippen LogP contribution is 2.45. The number of carbonyl (C=O) groups excluding carboxylic acids is 4. The lowest BCUT2D eigenvalue weighted by atomic mass is 9.99. The molecule has 3 unspecified atom stereocenters. The summed E-state index contributed by atoms with van der Waals surface area (Å²) in [5.74, 6) is -0.582. The quantitative estimate of drug-likeness (QED) is 0.0222. The van der Waals surface area contributed by atoms with Gasteiger partial charge in [-0.2, -0.15) is 0 Å². The summed E-state index contributed by atoms with van der Waals surface area (Å²) in [6.07, 6.45) is 51.4. The van der Waals surface area contributed by atoms with Crippen LogP contribution in [-0.2, 0) is 65.4 Å². The summed E-state index contributed by atoms with van der Waals surface area (Å²) >= 11 is 0. The van der Waals surface area contributed by atoms with Crippen molar-refractivity contribution < 1.29 is 80.2 Å². The predicted molar refractivity (Wildman–Crippen MR) is 372 cm³/mol. The highest BCUT2D eigenvalue weighted by Gasteiger charge is 2.30. The third kappa shape index (κ3) is 65.4. The van der Waals surface area contributed by atoms with Crippen LogP contribution in [0.25, 0.3) is 0 Å². The van der Waals surface area contributed by atoms with Gasteiger partial charge in [-0.25, -0.2) is 9.13 Å². The third-order valence-electron chi connectivity index (χ3n) is 17.3. The number of carbonyl (C=O) groups is 4. The summed E-state index contributed by atoms with van der Waals surface area (Å²) < 4.78 is 68.3. The second kappa shape index (κ2) is 65.0. The second-order valence-electron chi connectivity index (χ2n) is 27.1. The predicted octanol–water partition coefficient (Wildman–Crippen LogP) is 21.2. The highest BCUT2D eigenvalue weighted by atomic mass is 31.2. The maximum atomic E-state index is 13.1. The molecule has 0 bridgehead atoms. The molecule has 0 aromatic carbocycles. The first kappa shape index (κ1) is 90.1. The van der Waals surface area contributed by atoms with Crippen LogP contribution < -0.4 is 0 Å². The van der Waals surface area contributed by atoms with Crippen LogP contribution in [0.1, 0.15) is 375 Å². The highest BCUT2D eigenvalue weighted by molar-refractivity contribution is 7.47. The topological polar surface area (TPSA) is 237 Å². The SMILES string of the molecule is CCCCCCCCCCCCCCCCCCC(=O)OC[C@H](COP(=O)(O)OC[C@@H](O)COP(=O)(O)OC[C@@H](COC(=O)CCCCCCCCCC)OC(=O)CCCCCCCCCC(C)C)OC(=O)CCCCCCCCCCCCCCCCC(C)CC. The Morgan fingerprint density at radius 2 is 0.554 bits per heavy atom. The molecule has 3 N–H and O–H groups in total. The molecule has 0 saturated heterocycles. The van der Waals surface area contributed by atoms with Crippen molar-refractivity contribution >= 4 is 39.5 Å². The molecule has 0 fully saturated rings. The molecule has 19 heteroatoms. The molecule has 546 valence electrons. The molecule has 6 atom stereocenters. The molecule has 92 heavy (non-hydrogen) atoms. The van der Waals surface area contributed by atoms with Crippen molar-refractivity contribution in [1.82, 2.24) is 0 Å². The van der Waals surface area contributed by atoms with Crippen molar-refractivity contribution in [2.75, 3.05) is 39.6 Å². The molecule has 0 spiro atoms. The van der Waals surface area contributed by atoms with Gasteiger partial charge in [-0.1, -0.05) is 324 Å². The van der Waals surface area contributed by atoms with Crippen molar-refractivity contribution in [3.63, 3.8) is 0 Å². The van der Waals surface area contributed by atoms with Crippen molar-refractivity contribution in [1.29, 1.82) is 0 Å². The lowest BCUT2D eigenvalue weighted by molar-refractivity contribution is -0.161. The van der Waals surface area contributed by atoms with E-state index in [2.05, 4.69) is 41.5 Å². The number of aliphatic hydroxyl groups is 1. The zero-order chi connectivity index (χ0) is 67.9. The molecular formula is C73H142O17P2. The fraction of sp³-hybridized carbons (Fsp3) is 0.945. The van der Waals surface area contributed by atoms with Gasteiger partial charge in [-0.15, -0.1) is 0 Å². The minimum absolute atomic E-state index is 0.103. The maximum absolute atomic E-state index is 13.1. The molecule has 0 aliphatic heterocycles. The van der Waals surface area contributed by atoms with Gasteiger partial charge < -0.3 is 33.8 Å². The van der Waals surface area contributed by atoms with Crippen LogP contribution >= 0.6 is 15.6 Å². The van der Waals surface area contributed by atoms with Crippen LogP contribution in [0.3, 0.4) is 0 Å². The lowest BCUT2D eigenvalue weighted by Gasteiger charge is -2.21. The number of aliphatic hydroxyl groups excluding tert-OH is 1. The molecule has 0 aromatic heterocycles. The number of esters is 4. The van der Waals surface area contributed by atoms with Crippen LogP contribution in [0.15, 0.2) is 0 Å². The zero-order valence-electron chi connectivity index (χ0n) is 59.9. The molecule has 0 heterocycles. The summed E-state index contributed by atoms with van der Waals surface area (Å²) in [7, 11) is -9.90. The van der Waals surface area contributed by atoms with E-state index < -0.39 is 97.5 Å². The lowest BCUT2D eigenvalue weighted by Crippen LogP contribution is -2.30. The van der Waals surface area contributed by atoms with Gasteiger partial charge in [0.05, 0.1) is 26.4 Å². The number of ether oxygens (including phenoxy) is 4. The summed E-state index contributed by atoms with van der Waals surface area (Å²) in [6.45, 7) is 9.54. The van der Waals surface area contributed by atoms with Crippen molar-refractivity contribution in [3.05, 3.63) is 0 Å². The van der Waals surface area contributed by atoms with E-state index in [1.165, 1.54) is 186 Å². The first-order chi connectivity index (χ1) is 44.4. The molecule has 0 aliphatic carbocycles. The molecule has 0 rings (SSSR count). The Hall–Kier alpha value is -1.94. The van der Waals surface area contributed by atoms with Crippen molar-refractivity contribution in [2.45, 2.75) is 394 Å². The van der Waals surface area contributed by atoms with Gasteiger partial charge in [0.15, 0.2) is 12.2 Å². The van der Waals surface area contributed by atoms with Crippen LogP contribution in [0.2, 0.25) is 0 Å². The average Bonchev–Trinajstić information content (AvgIpc) is 2.92. The second-order valence-corrected chi connectivity index (χ2v) is 30.0. The van der Waals surface area contributed by atoms with Gasteiger partial charge in [0.1, 0.15) is 19.3 Å². The van der Waals surface area contributed by atoms with E-state index in [-0.39, 0.29) is 25.7 Å². The van der Waals surface area contributed by atoms with Crippen LogP contribution in [-0.4, -0.2) is 96.7 Å².